The molecule has 0 aromatic rings. The third kappa shape index (κ3) is 3.65. The van der Waals surface area contributed by atoms with E-state index in [0.717, 1.165) is 12.8 Å². The van der Waals surface area contributed by atoms with Crippen LogP contribution in [-0.2, 0) is 15.0 Å². The average Bonchev–Trinajstić information content (AvgIpc) is 2.18. The van der Waals surface area contributed by atoms with Crippen LogP contribution in [-0.4, -0.2) is 54.8 Å². The monoisotopic (exact) mass is 264 g/mol. The van der Waals surface area contributed by atoms with Crippen LogP contribution in [0.15, 0.2) is 0 Å². The van der Waals surface area contributed by atoms with Crippen molar-refractivity contribution in [3.05, 3.63) is 0 Å². The lowest BCUT2D eigenvalue weighted by molar-refractivity contribution is -0.139. The van der Waals surface area contributed by atoms with Gasteiger partial charge in [0.25, 0.3) is 10.2 Å². The summed E-state index contributed by atoms with van der Waals surface area (Å²) in [5.74, 6) is -0.909. The van der Waals surface area contributed by atoms with Gasteiger partial charge < -0.3 is 5.11 Å². The molecule has 0 radical (unpaired) electrons. The van der Waals surface area contributed by atoms with Crippen LogP contribution in [0.4, 0.5) is 0 Å². The standard InChI is InChI=1S/C10H20N2O4S/c1-3-4-5-11(2)17(15,16)12-7-9(8-12)6-10(13)14/h9H,3-8H2,1-2H3,(H,13,14). The predicted octanol–water partition coefficient (Wildman–Crippen LogP) is 0.370. The van der Waals surface area contributed by atoms with E-state index >= 15 is 0 Å². The first kappa shape index (κ1) is 14.4. The van der Waals surface area contributed by atoms with E-state index < -0.39 is 16.2 Å². The van der Waals surface area contributed by atoms with Gasteiger partial charge in [0.05, 0.1) is 6.42 Å². The quantitative estimate of drug-likeness (QED) is 0.720. The lowest BCUT2D eigenvalue weighted by Gasteiger charge is -2.39. The van der Waals surface area contributed by atoms with Crippen LogP contribution in [0.3, 0.4) is 0 Å². The number of unbranched alkanes of at least 4 members (excludes halogenated alkanes) is 1. The number of carboxylic acids is 1. The Morgan fingerprint density at radius 3 is 2.53 bits per heavy atom. The molecule has 17 heavy (non-hydrogen) atoms. The number of hydrogen-bond acceptors (Lipinski definition) is 3. The van der Waals surface area contributed by atoms with Crippen molar-refractivity contribution in [2.24, 2.45) is 5.92 Å². The third-order valence-corrected chi connectivity index (χ3v) is 4.85. The first-order valence-electron chi connectivity index (χ1n) is 5.81. The minimum atomic E-state index is -3.37. The van der Waals surface area contributed by atoms with Crippen LogP contribution < -0.4 is 0 Å². The third-order valence-electron chi connectivity index (χ3n) is 2.93. The van der Waals surface area contributed by atoms with Gasteiger partial charge in [0, 0.05) is 26.7 Å². The van der Waals surface area contributed by atoms with Gasteiger partial charge in [-0.2, -0.15) is 17.0 Å². The van der Waals surface area contributed by atoms with Gasteiger partial charge in [-0.3, -0.25) is 4.79 Å². The van der Waals surface area contributed by atoms with Gasteiger partial charge in [0.2, 0.25) is 0 Å². The van der Waals surface area contributed by atoms with Crippen LogP contribution in [0.1, 0.15) is 26.2 Å². The molecule has 0 aliphatic carbocycles. The summed E-state index contributed by atoms with van der Waals surface area (Å²) in [7, 11) is -1.80. The summed E-state index contributed by atoms with van der Waals surface area (Å²) >= 11 is 0. The molecule has 0 saturated carbocycles. The Morgan fingerprint density at radius 2 is 2.06 bits per heavy atom. The minimum Gasteiger partial charge on any atom is -0.481 e. The van der Waals surface area contributed by atoms with Gasteiger partial charge in [-0.05, 0) is 12.3 Å². The highest BCUT2D eigenvalue weighted by atomic mass is 32.2. The van der Waals surface area contributed by atoms with Crippen molar-refractivity contribution in [1.82, 2.24) is 8.61 Å². The second-order valence-corrected chi connectivity index (χ2v) is 6.50. The van der Waals surface area contributed by atoms with Crippen molar-refractivity contribution in [2.45, 2.75) is 26.2 Å². The van der Waals surface area contributed by atoms with Crippen molar-refractivity contribution in [3.63, 3.8) is 0 Å². The molecule has 0 amide bonds. The molecule has 1 saturated heterocycles. The van der Waals surface area contributed by atoms with Crippen molar-refractivity contribution in [2.75, 3.05) is 26.7 Å². The molecule has 0 bridgehead atoms. The molecule has 6 nitrogen and oxygen atoms in total. The topological polar surface area (TPSA) is 77.9 Å². The summed E-state index contributed by atoms with van der Waals surface area (Å²) in [4.78, 5) is 10.5. The van der Waals surface area contributed by atoms with Crippen molar-refractivity contribution < 1.29 is 18.3 Å². The number of nitrogens with zero attached hydrogens (tertiary/aromatic N) is 2. The second kappa shape index (κ2) is 5.79. The summed E-state index contributed by atoms with van der Waals surface area (Å²) in [5, 5.41) is 8.58. The molecule has 1 aliphatic heterocycles. The number of carboxylic acid groups (broad SMARTS) is 1. The fourth-order valence-electron chi connectivity index (χ4n) is 1.78. The number of hydrogen-bond donors (Lipinski definition) is 1. The van der Waals surface area contributed by atoms with Gasteiger partial charge in [0.1, 0.15) is 0 Å². The maximum atomic E-state index is 12.0. The first-order valence-corrected chi connectivity index (χ1v) is 7.20. The number of aliphatic carboxylic acids is 1. The molecule has 1 rings (SSSR count). The zero-order chi connectivity index (χ0) is 13.1. The Bertz CT molecular complexity index is 363. The van der Waals surface area contributed by atoms with E-state index in [1.807, 2.05) is 6.92 Å². The molecule has 0 aromatic heterocycles. The Kier molecular flexibility index (Phi) is 4.91. The van der Waals surface area contributed by atoms with E-state index in [0.29, 0.717) is 19.6 Å². The molecule has 1 aliphatic rings. The molecule has 1 heterocycles. The zero-order valence-corrected chi connectivity index (χ0v) is 11.1. The van der Waals surface area contributed by atoms with Crippen LogP contribution >= 0.6 is 0 Å². The summed E-state index contributed by atoms with van der Waals surface area (Å²) in [5.41, 5.74) is 0. The number of carbonyl (C=O) groups is 1. The zero-order valence-electron chi connectivity index (χ0n) is 10.3. The fraction of sp³-hybridized carbons (Fsp3) is 0.900. The maximum absolute atomic E-state index is 12.0. The molecule has 0 aromatic carbocycles. The molecular formula is C10H20N2O4S. The van der Waals surface area contributed by atoms with Crippen molar-refractivity contribution in [1.29, 1.82) is 0 Å². The smallest absolute Gasteiger partial charge is 0.303 e. The van der Waals surface area contributed by atoms with Gasteiger partial charge in [-0.25, -0.2) is 0 Å². The molecular weight excluding hydrogens is 244 g/mol. The van der Waals surface area contributed by atoms with E-state index in [9.17, 15) is 13.2 Å². The van der Waals surface area contributed by atoms with Gasteiger partial charge >= 0.3 is 5.97 Å². The van der Waals surface area contributed by atoms with E-state index in [4.69, 9.17) is 5.11 Å². The summed E-state index contributed by atoms with van der Waals surface area (Å²) < 4.78 is 26.6. The van der Waals surface area contributed by atoms with E-state index in [1.165, 1.54) is 8.61 Å². The molecule has 1 N–H and O–H groups in total. The van der Waals surface area contributed by atoms with Gasteiger partial charge in [-0.1, -0.05) is 13.3 Å². The van der Waals surface area contributed by atoms with Gasteiger partial charge in [0.15, 0.2) is 0 Å². The number of rotatable bonds is 7. The molecule has 100 valence electrons. The van der Waals surface area contributed by atoms with Gasteiger partial charge in [-0.15, -0.1) is 0 Å². The highest BCUT2D eigenvalue weighted by Crippen LogP contribution is 2.23. The minimum absolute atomic E-state index is 0.0400. The Balaban J connectivity index is 2.43. The lowest BCUT2D eigenvalue weighted by Crippen LogP contribution is -2.54. The summed E-state index contributed by atoms with van der Waals surface area (Å²) in [6, 6.07) is 0. The average molecular weight is 264 g/mol. The highest BCUT2D eigenvalue weighted by Gasteiger charge is 2.38. The van der Waals surface area contributed by atoms with Crippen LogP contribution in [0, 0.1) is 5.92 Å². The van der Waals surface area contributed by atoms with E-state index in [1.54, 1.807) is 7.05 Å². The van der Waals surface area contributed by atoms with Crippen LogP contribution in [0.2, 0.25) is 0 Å². The molecule has 0 unspecified atom stereocenters. The Morgan fingerprint density at radius 1 is 1.47 bits per heavy atom. The van der Waals surface area contributed by atoms with E-state index in [2.05, 4.69) is 0 Å². The van der Waals surface area contributed by atoms with E-state index in [-0.39, 0.29) is 12.3 Å². The predicted molar refractivity (Wildman–Crippen MR) is 63.8 cm³/mol. The summed E-state index contributed by atoms with van der Waals surface area (Å²) in [6.07, 6.45) is 1.83. The van der Waals surface area contributed by atoms with Crippen molar-refractivity contribution >= 4 is 16.2 Å². The largest absolute Gasteiger partial charge is 0.481 e. The Hall–Kier alpha value is -0.660. The summed E-state index contributed by atoms with van der Waals surface area (Å²) in [6.45, 7) is 3.17. The normalized spacial score (nSPS) is 18.3. The molecule has 0 spiro atoms. The maximum Gasteiger partial charge on any atom is 0.303 e. The molecule has 7 heteroatoms. The SMILES string of the molecule is CCCCN(C)S(=O)(=O)N1CC(CC(=O)O)C1. The molecule has 1 fully saturated rings. The highest BCUT2D eigenvalue weighted by molar-refractivity contribution is 7.86. The Labute approximate surface area is 102 Å². The van der Waals surface area contributed by atoms with Crippen LogP contribution in [0.25, 0.3) is 0 Å². The lowest BCUT2D eigenvalue weighted by atomic mass is 10.00. The van der Waals surface area contributed by atoms with Crippen molar-refractivity contribution in [3.8, 4) is 0 Å². The first-order chi connectivity index (χ1) is 7.87. The molecule has 0 atom stereocenters. The second-order valence-electron chi connectivity index (χ2n) is 4.46. The van der Waals surface area contributed by atoms with Crippen LogP contribution in [0.5, 0.6) is 0 Å². The fourth-order valence-corrected chi connectivity index (χ4v) is 3.33.